The van der Waals surface area contributed by atoms with Gasteiger partial charge < -0.3 is 4.74 Å². The molecular weight excluding hydrogens is 248 g/mol. The second kappa shape index (κ2) is 6.58. The van der Waals surface area contributed by atoms with Gasteiger partial charge in [-0.15, -0.1) is 5.73 Å². The van der Waals surface area contributed by atoms with E-state index < -0.39 is 0 Å². The normalized spacial score (nSPS) is 19.9. The fraction of sp³-hybridized carbons (Fsp3) is 0.444. The number of methoxy groups -OCH3 is 1. The van der Waals surface area contributed by atoms with Crippen molar-refractivity contribution < 1.29 is 9.53 Å². The largest absolute Gasteiger partial charge is 0.465 e. The van der Waals surface area contributed by atoms with Crippen LogP contribution >= 0.6 is 0 Å². The van der Waals surface area contributed by atoms with Gasteiger partial charge in [-0.2, -0.15) is 0 Å². The Labute approximate surface area is 121 Å². The maximum Gasteiger partial charge on any atom is 0.341 e. The fourth-order valence-electron chi connectivity index (χ4n) is 2.59. The van der Waals surface area contributed by atoms with Gasteiger partial charge in [0.2, 0.25) is 0 Å². The van der Waals surface area contributed by atoms with Crippen molar-refractivity contribution in [3.05, 3.63) is 52.8 Å². The first-order chi connectivity index (χ1) is 9.61. The number of esters is 1. The summed E-state index contributed by atoms with van der Waals surface area (Å²) in [5, 5.41) is 0. The number of carbonyl (C=O) groups is 1. The molecule has 2 nitrogen and oxygen atoms in total. The van der Waals surface area contributed by atoms with Gasteiger partial charge in [-0.25, -0.2) is 4.79 Å². The van der Waals surface area contributed by atoms with E-state index in [0.29, 0.717) is 11.8 Å². The van der Waals surface area contributed by atoms with Gasteiger partial charge >= 0.3 is 5.97 Å². The summed E-state index contributed by atoms with van der Waals surface area (Å²) < 4.78 is 4.87. The molecule has 106 valence electrons. The van der Waals surface area contributed by atoms with Crippen molar-refractivity contribution in [2.24, 2.45) is 11.8 Å². The van der Waals surface area contributed by atoms with E-state index in [4.69, 9.17) is 4.74 Å². The highest BCUT2D eigenvalue weighted by Crippen LogP contribution is 2.47. The summed E-state index contributed by atoms with van der Waals surface area (Å²) in [6.07, 6.45) is 3.28. The average molecular weight is 270 g/mol. The molecule has 20 heavy (non-hydrogen) atoms. The van der Waals surface area contributed by atoms with E-state index >= 15 is 0 Å². The van der Waals surface area contributed by atoms with Crippen molar-refractivity contribution in [3.63, 3.8) is 0 Å². The average Bonchev–Trinajstić information content (AvgIpc) is 3.22. The molecule has 0 N–H and O–H groups in total. The zero-order valence-electron chi connectivity index (χ0n) is 12.5. The van der Waals surface area contributed by atoms with E-state index in [1.165, 1.54) is 12.7 Å². The number of carbonyl (C=O) groups excluding carboxylic acids is 1. The van der Waals surface area contributed by atoms with Crippen molar-refractivity contribution in [1.29, 1.82) is 0 Å². The summed E-state index contributed by atoms with van der Waals surface area (Å²) in [7, 11) is 1.44. The molecule has 1 fully saturated rings. The molecule has 1 aromatic carbocycles. The number of hydrogen-bond acceptors (Lipinski definition) is 2. The van der Waals surface area contributed by atoms with E-state index in [-0.39, 0.29) is 5.97 Å². The number of aryl methyl sites for hydroxylation is 1. The van der Waals surface area contributed by atoms with Crippen LogP contribution in [-0.4, -0.2) is 13.1 Å². The topological polar surface area (TPSA) is 26.3 Å². The van der Waals surface area contributed by atoms with Gasteiger partial charge in [-0.05, 0) is 50.2 Å². The molecule has 2 rings (SSSR count). The Hall–Kier alpha value is -1.79. The first kappa shape index (κ1) is 14.6. The highest BCUT2D eigenvalue weighted by molar-refractivity contribution is 5.89. The molecule has 2 heteroatoms. The number of rotatable bonds is 5. The maximum absolute atomic E-state index is 11.8. The van der Waals surface area contributed by atoms with Gasteiger partial charge in [-0.1, -0.05) is 30.3 Å². The Morgan fingerprint density at radius 2 is 2.00 bits per heavy atom. The summed E-state index contributed by atoms with van der Waals surface area (Å²) >= 11 is 0. The third-order valence-electron chi connectivity index (χ3n) is 3.73. The zero-order valence-corrected chi connectivity index (χ0v) is 12.5. The standard InChI is InChI=1S/C18H22O2/c1-13(2)11-17(18(19)20-3)16-12-15(16)10-9-14-7-5-4-6-8-14/h4-8,15-16H,9-10,12H2,1-3H3. The van der Waals surface area contributed by atoms with Crippen LogP contribution < -0.4 is 0 Å². The molecule has 1 aliphatic carbocycles. The number of ether oxygens (including phenoxy) is 1. The van der Waals surface area contributed by atoms with Crippen LogP contribution in [0.1, 0.15) is 32.3 Å². The van der Waals surface area contributed by atoms with Crippen LogP contribution in [0, 0.1) is 11.8 Å². The molecule has 2 atom stereocenters. The second-order valence-corrected chi connectivity index (χ2v) is 5.66. The molecule has 0 heterocycles. The Balaban J connectivity index is 1.96. The molecule has 1 aliphatic rings. The smallest absolute Gasteiger partial charge is 0.341 e. The molecule has 1 aromatic rings. The van der Waals surface area contributed by atoms with Gasteiger partial charge in [0, 0.05) is 5.92 Å². The monoisotopic (exact) mass is 270 g/mol. The van der Waals surface area contributed by atoms with Crippen LogP contribution in [0.2, 0.25) is 0 Å². The van der Waals surface area contributed by atoms with Crippen LogP contribution in [0.3, 0.4) is 0 Å². The minimum absolute atomic E-state index is 0.224. The highest BCUT2D eigenvalue weighted by atomic mass is 16.5. The van der Waals surface area contributed by atoms with Gasteiger partial charge in [0.05, 0.1) is 12.7 Å². The van der Waals surface area contributed by atoms with Gasteiger partial charge in [0.1, 0.15) is 0 Å². The molecular formula is C18H22O2. The molecule has 0 bridgehead atoms. The van der Waals surface area contributed by atoms with Crippen molar-refractivity contribution in [1.82, 2.24) is 0 Å². The summed E-state index contributed by atoms with van der Waals surface area (Å²) in [5.74, 6) is 0.704. The Morgan fingerprint density at radius 1 is 1.30 bits per heavy atom. The third-order valence-corrected chi connectivity index (χ3v) is 3.73. The number of hydrogen-bond donors (Lipinski definition) is 0. The molecule has 0 spiro atoms. The zero-order chi connectivity index (χ0) is 14.5. The lowest BCUT2D eigenvalue weighted by Gasteiger charge is -2.03. The summed E-state index contributed by atoms with van der Waals surface area (Å²) in [6.45, 7) is 3.93. The van der Waals surface area contributed by atoms with Crippen molar-refractivity contribution in [3.8, 4) is 0 Å². The van der Waals surface area contributed by atoms with Crippen LogP contribution in [0.5, 0.6) is 0 Å². The number of benzene rings is 1. The van der Waals surface area contributed by atoms with Gasteiger partial charge in [0.25, 0.3) is 0 Å². The minimum atomic E-state index is -0.224. The lowest BCUT2D eigenvalue weighted by molar-refractivity contribution is -0.136. The van der Waals surface area contributed by atoms with E-state index in [9.17, 15) is 4.79 Å². The van der Waals surface area contributed by atoms with Crippen LogP contribution in [0.15, 0.2) is 47.2 Å². The minimum Gasteiger partial charge on any atom is -0.465 e. The summed E-state index contributed by atoms with van der Waals surface area (Å²) in [4.78, 5) is 11.8. The molecule has 0 aliphatic heterocycles. The van der Waals surface area contributed by atoms with Crippen LogP contribution in [0.4, 0.5) is 0 Å². The molecule has 1 saturated carbocycles. The Bertz CT molecular complexity index is 532. The quantitative estimate of drug-likeness (QED) is 0.460. The van der Waals surface area contributed by atoms with E-state index in [1.54, 1.807) is 0 Å². The summed E-state index contributed by atoms with van der Waals surface area (Å²) in [5.41, 5.74) is 6.30. The van der Waals surface area contributed by atoms with Crippen molar-refractivity contribution in [2.45, 2.75) is 33.1 Å². The first-order valence-electron chi connectivity index (χ1n) is 7.18. The lowest BCUT2D eigenvalue weighted by Crippen LogP contribution is -2.07. The second-order valence-electron chi connectivity index (χ2n) is 5.66. The molecule has 0 saturated heterocycles. The van der Waals surface area contributed by atoms with Gasteiger partial charge in [-0.3, -0.25) is 0 Å². The van der Waals surface area contributed by atoms with Crippen LogP contribution in [-0.2, 0) is 16.0 Å². The van der Waals surface area contributed by atoms with E-state index in [0.717, 1.165) is 30.4 Å². The maximum atomic E-state index is 11.8. The SMILES string of the molecule is COC(=O)C(=C=C(C)C)C1CC1CCc1ccccc1. The molecule has 0 amide bonds. The van der Waals surface area contributed by atoms with Crippen molar-refractivity contribution >= 4 is 5.97 Å². The molecule has 0 radical (unpaired) electrons. The fourth-order valence-corrected chi connectivity index (χ4v) is 2.59. The Morgan fingerprint density at radius 3 is 2.60 bits per heavy atom. The van der Waals surface area contributed by atoms with E-state index in [1.807, 2.05) is 19.9 Å². The first-order valence-corrected chi connectivity index (χ1v) is 7.18. The third kappa shape index (κ3) is 3.85. The predicted molar refractivity (Wildman–Crippen MR) is 80.3 cm³/mol. The lowest BCUT2D eigenvalue weighted by atomic mass is 10.0. The van der Waals surface area contributed by atoms with Crippen molar-refractivity contribution in [2.75, 3.05) is 7.11 Å². The van der Waals surface area contributed by atoms with E-state index in [2.05, 4.69) is 30.0 Å². The predicted octanol–water partition coefficient (Wildman–Crippen LogP) is 3.92. The van der Waals surface area contributed by atoms with Crippen LogP contribution in [0.25, 0.3) is 0 Å². The summed E-state index contributed by atoms with van der Waals surface area (Å²) in [6, 6.07) is 10.5. The molecule has 0 aromatic heterocycles. The Kier molecular flexibility index (Phi) is 4.81. The van der Waals surface area contributed by atoms with Gasteiger partial charge in [0.15, 0.2) is 0 Å². The highest BCUT2D eigenvalue weighted by Gasteiger charge is 2.42. The molecule has 2 unspecified atom stereocenters.